The van der Waals surface area contributed by atoms with Gasteiger partial charge in [0.25, 0.3) is 6.71 Å². The molecule has 0 radical (unpaired) electrons. The molecule has 0 bridgehead atoms. The highest BCUT2D eigenvalue weighted by Crippen LogP contribution is 2.53. The van der Waals surface area contributed by atoms with Crippen LogP contribution in [0, 0.1) is 0 Å². The van der Waals surface area contributed by atoms with Crippen molar-refractivity contribution in [1.82, 2.24) is 0 Å². The Balaban J connectivity index is 1.19. The van der Waals surface area contributed by atoms with Gasteiger partial charge < -0.3 is 14.7 Å². The summed E-state index contributed by atoms with van der Waals surface area (Å²) in [6.45, 7) is 39.7. The van der Waals surface area contributed by atoms with Gasteiger partial charge in [-0.05, 0) is 178 Å². The van der Waals surface area contributed by atoms with E-state index < -0.39 is 0 Å². The smallest absolute Gasteiger partial charge is 0.252 e. The maximum Gasteiger partial charge on any atom is 0.252 e. The van der Waals surface area contributed by atoms with Crippen LogP contribution in [-0.2, 0) is 32.5 Å². The summed E-state index contributed by atoms with van der Waals surface area (Å²) in [5.74, 6) is 0. The largest absolute Gasteiger partial charge is 0.311 e. The van der Waals surface area contributed by atoms with Gasteiger partial charge in [0.15, 0.2) is 0 Å². The van der Waals surface area contributed by atoms with E-state index in [0.29, 0.717) is 0 Å². The molecule has 1 aliphatic carbocycles. The second-order valence-electron chi connectivity index (χ2n) is 29.2. The summed E-state index contributed by atoms with van der Waals surface area (Å²) >= 11 is 0. The number of fused-ring (bicyclic) bond motifs is 7. The fourth-order valence-corrected chi connectivity index (χ4v) is 13.1. The molecule has 2 aliphatic heterocycles. The van der Waals surface area contributed by atoms with Gasteiger partial charge in [-0.25, -0.2) is 0 Å². The van der Waals surface area contributed by atoms with Crippen LogP contribution in [0.2, 0.25) is 0 Å². The Labute approximate surface area is 485 Å². The number of hydrogen-bond acceptors (Lipinski definition) is 3. The SMILES string of the molecule is CC(C)(C)c1ccc(N(c2ccc3c(c2)N(c2ccc4c(c2)C(C)(C)c2ccccc2-4)c2cc(C(C)(C)C)cc4c2B3c2cc(C(C)(C)C)ccc2N4c2ccc(C(C)(C)C)cc2)c2ccc(C(C)(C)C)cc2-c2ccccc2)cc1. The van der Waals surface area contributed by atoms with Crippen molar-refractivity contribution in [3.8, 4) is 22.3 Å². The summed E-state index contributed by atoms with van der Waals surface area (Å²) in [4.78, 5) is 7.78. The summed E-state index contributed by atoms with van der Waals surface area (Å²) < 4.78 is 0. The Kier molecular flexibility index (Phi) is 12.5. The number of benzene rings is 9. The van der Waals surface area contributed by atoms with Gasteiger partial charge in [0.1, 0.15) is 0 Å². The van der Waals surface area contributed by atoms with E-state index in [0.717, 1.165) is 22.7 Å². The first-order valence-electron chi connectivity index (χ1n) is 29.6. The van der Waals surface area contributed by atoms with E-state index in [1.54, 1.807) is 0 Å². The second kappa shape index (κ2) is 18.7. The van der Waals surface area contributed by atoms with Crippen LogP contribution in [0.3, 0.4) is 0 Å². The molecule has 0 unspecified atom stereocenters. The van der Waals surface area contributed by atoms with E-state index in [1.165, 1.54) is 106 Å². The average molecular weight is 1060 g/mol. The van der Waals surface area contributed by atoms with Gasteiger partial charge in [0.05, 0.1) is 5.69 Å². The van der Waals surface area contributed by atoms with Gasteiger partial charge in [-0.2, -0.15) is 0 Å². The number of anilines is 9. The van der Waals surface area contributed by atoms with Crippen LogP contribution in [0.25, 0.3) is 22.3 Å². The van der Waals surface area contributed by atoms with Gasteiger partial charge in [0.2, 0.25) is 0 Å². The number of rotatable bonds is 6. The normalized spacial score (nSPS) is 14.5. The lowest BCUT2D eigenvalue weighted by Gasteiger charge is -2.46. The summed E-state index contributed by atoms with van der Waals surface area (Å²) in [6.07, 6.45) is 0. The molecule has 81 heavy (non-hydrogen) atoms. The van der Waals surface area contributed by atoms with Crippen LogP contribution in [0.4, 0.5) is 51.2 Å². The lowest BCUT2D eigenvalue weighted by Crippen LogP contribution is -2.61. The fraction of sp³-hybridized carbons (Fsp3) is 0.299. The zero-order chi connectivity index (χ0) is 57.5. The molecule has 2 heterocycles. The molecule has 9 aromatic rings. The molecule has 0 saturated heterocycles. The quantitative estimate of drug-likeness (QED) is 0.154. The molecule has 0 saturated carbocycles. The highest BCUT2D eigenvalue weighted by atomic mass is 15.2. The maximum absolute atomic E-state index is 2.66. The Morgan fingerprint density at radius 2 is 0.852 bits per heavy atom. The molecule has 0 N–H and O–H groups in total. The van der Waals surface area contributed by atoms with Gasteiger partial charge in [0, 0.05) is 56.5 Å². The maximum atomic E-state index is 2.66. The Morgan fingerprint density at radius 3 is 1.47 bits per heavy atom. The third-order valence-electron chi connectivity index (χ3n) is 18.0. The van der Waals surface area contributed by atoms with E-state index >= 15 is 0 Å². The van der Waals surface area contributed by atoms with Crippen molar-refractivity contribution < 1.29 is 0 Å². The van der Waals surface area contributed by atoms with Crippen molar-refractivity contribution in [3.05, 3.63) is 227 Å². The zero-order valence-electron chi connectivity index (χ0n) is 51.3. The molecule has 408 valence electrons. The molecule has 9 aromatic carbocycles. The molecule has 3 nitrogen and oxygen atoms in total. The van der Waals surface area contributed by atoms with E-state index in [-0.39, 0.29) is 39.2 Å². The summed E-state index contributed by atoms with van der Waals surface area (Å²) in [5, 5.41) is 0. The standard InChI is InChI=1S/C77H82BN3/c1-72(2,3)50-27-33-55(34-28-50)79(66-41-31-52(74(7,8)9)43-61(66)49-23-19-18-20-24-49)58-38-40-64-68(48-58)81(57-37-39-60-59-25-21-22-26-62(59)77(16,17)63(60)47-57)70-46-54(76(13,14)15)45-69-71(70)78(64)65-44-53(75(10,11)12)32-42-67(65)80(69)56-35-29-51(30-36-56)73(4,5)6/h18-48H,1-17H3. The molecule has 0 aromatic heterocycles. The van der Waals surface area contributed by atoms with Crippen molar-refractivity contribution in [2.24, 2.45) is 0 Å². The predicted octanol–water partition coefficient (Wildman–Crippen LogP) is 19.7. The molecule has 12 rings (SSSR count). The molecule has 3 aliphatic rings. The fourth-order valence-electron chi connectivity index (χ4n) is 13.1. The Morgan fingerprint density at radius 1 is 0.346 bits per heavy atom. The van der Waals surface area contributed by atoms with Crippen LogP contribution < -0.4 is 31.1 Å². The Bertz CT molecular complexity index is 3920. The third-order valence-corrected chi connectivity index (χ3v) is 18.0. The lowest BCUT2D eigenvalue weighted by atomic mass is 9.33. The van der Waals surface area contributed by atoms with Crippen molar-refractivity contribution >= 4 is 74.3 Å². The van der Waals surface area contributed by atoms with Gasteiger partial charge >= 0.3 is 0 Å². The van der Waals surface area contributed by atoms with Crippen molar-refractivity contribution in [2.45, 2.75) is 150 Å². The van der Waals surface area contributed by atoms with Gasteiger partial charge in [-0.1, -0.05) is 227 Å². The highest BCUT2D eigenvalue weighted by Gasteiger charge is 2.46. The molecule has 0 amide bonds. The van der Waals surface area contributed by atoms with Crippen LogP contribution in [0.15, 0.2) is 188 Å². The minimum absolute atomic E-state index is 0.00220. The number of hydrogen-bond donors (Lipinski definition) is 0. The predicted molar refractivity (Wildman–Crippen MR) is 352 cm³/mol. The van der Waals surface area contributed by atoms with Crippen LogP contribution in [0.1, 0.15) is 157 Å². The minimum Gasteiger partial charge on any atom is -0.311 e. The monoisotopic (exact) mass is 1060 g/mol. The molecule has 0 atom stereocenters. The summed E-state index contributed by atoms with van der Waals surface area (Å²) in [6, 6.07) is 73.2. The minimum atomic E-state index is -0.195. The zero-order valence-corrected chi connectivity index (χ0v) is 51.3. The first kappa shape index (κ1) is 54.1. The van der Waals surface area contributed by atoms with Crippen molar-refractivity contribution in [3.63, 3.8) is 0 Å². The molecule has 4 heteroatoms. The number of nitrogens with zero attached hydrogens (tertiary/aromatic N) is 3. The second-order valence-corrected chi connectivity index (χ2v) is 29.2. The van der Waals surface area contributed by atoms with E-state index in [9.17, 15) is 0 Å². The molecular formula is C77H82BN3. The first-order chi connectivity index (χ1) is 38.1. The molecule has 0 spiro atoms. The third kappa shape index (κ3) is 9.22. The summed E-state index contributed by atoms with van der Waals surface area (Å²) in [5.41, 5.74) is 28.4. The first-order valence-corrected chi connectivity index (χ1v) is 29.6. The summed E-state index contributed by atoms with van der Waals surface area (Å²) in [7, 11) is 0. The topological polar surface area (TPSA) is 9.72 Å². The van der Waals surface area contributed by atoms with Gasteiger partial charge in [-0.15, -0.1) is 0 Å². The van der Waals surface area contributed by atoms with Gasteiger partial charge in [-0.3, -0.25) is 0 Å². The van der Waals surface area contributed by atoms with Crippen LogP contribution in [-0.4, -0.2) is 6.71 Å². The van der Waals surface area contributed by atoms with Crippen LogP contribution in [0.5, 0.6) is 0 Å². The van der Waals surface area contributed by atoms with Crippen molar-refractivity contribution in [2.75, 3.05) is 14.7 Å². The van der Waals surface area contributed by atoms with E-state index in [1.807, 2.05) is 0 Å². The van der Waals surface area contributed by atoms with E-state index in [2.05, 4.69) is 320 Å². The lowest BCUT2D eigenvalue weighted by molar-refractivity contribution is 0.589. The Hall–Kier alpha value is -7.56. The molecular weight excluding hydrogens is 978 g/mol. The van der Waals surface area contributed by atoms with Crippen LogP contribution >= 0.6 is 0 Å². The van der Waals surface area contributed by atoms with Crippen molar-refractivity contribution in [1.29, 1.82) is 0 Å². The highest BCUT2D eigenvalue weighted by molar-refractivity contribution is 7.00. The molecule has 0 fully saturated rings. The average Bonchev–Trinajstić information content (AvgIpc) is 1.62. The van der Waals surface area contributed by atoms with E-state index in [4.69, 9.17) is 0 Å².